The van der Waals surface area contributed by atoms with Crippen LogP contribution in [0.4, 0.5) is 0 Å². The highest BCUT2D eigenvalue weighted by molar-refractivity contribution is 7.98. The first-order valence-electron chi connectivity index (χ1n) is 5.57. The van der Waals surface area contributed by atoms with Crippen molar-refractivity contribution in [2.45, 2.75) is 25.7 Å². The number of aryl methyl sites for hydroxylation is 1. The molecule has 16 heavy (non-hydrogen) atoms. The topological polar surface area (TPSA) is 20.3 Å². The lowest BCUT2D eigenvalue weighted by atomic mass is 10.1. The molecule has 0 atom stereocenters. The van der Waals surface area contributed by atoms with E-state index < -0.39 is 0 Å². The van der Waals surface area contributed by atoms with Gasteiger partial charge in [0.1, 0.15) is 0 Å². The van der Waals surface area contributed by atoms with Gasteiger partial charge in [-0.05, 0) is 50.8 Å². The predicted molar refractivity (Wildman–Crippen MR) is 70.2 cm³/mol. The largest absolute Gasteiger partial charge is 0.339 e. The third kappa shape index (κ3) is 2.79. The standard InChI is InChI=1S/C13H19NOS/c1-5-14(6-2)13(15)12-8-7-11(16-4)9-10(12)3/h7-9H,5-6H2,1-4H3. The molecule has 0 fully saturated rings. The zero-order valence-corrected chi connectivity index (χ0v) is 11.2. The second-order valence-electron chi connectivity index (χ2n) is 3.66. The first-order chi connectivity index (χ1) is 7.63. The molecule has 1 amide bonds. The van der Waals surface area contributed by atoms with Gasteiger partial charge in [-0.1, -0.05) is 0 Å². The molecule has 0 saturated carbocycles. The highest BCUT2D eigenvalue weighted by atomic mass is 32.2. The first kappa shape index (κ1) is 13.1. The van der Waals surface area contributed by atoms with E-state index in [4.69, 9.17) is 0 Å². The van der Waals surface area contributed by atoms with Crippen LogP contribution in [0, 0.1) is 6.92 Å². The Morgan fingerprint density at radius 2 is 1.94 bits per heavy atom. The van der Waals surface area contributed by atoms with E-state index >= 15 is 0 Å². The molecular weight excluding hydrogens is 218 g/mol. The molecule has 0 unspecified atom stereocenters. The summed E-state index contributed by atoms with van der Waals surface area (Å²) in [6, 6.07) is 6.01. The number of benzene rings is 1. The maximum atomic E-state index is 12.1. The van der Waals surface area contributed by atoms with Crippen LogP contribution in [0.25, 0.3) is 0 Å². The summed E-state index contributed by atoms with van der Waals surface area (Å²) in [4.78, 5) is 15.2. The molecule has 1 aromatic carbocycles. The van der Waals surface area contributed by atoms with Gasteiger partial charge in [0.2, 0.25) is 0 Å². The number of carbonyl (C=O) groups is 1. The number of thioether (sulfide) groups is 1. The third-order valence-corrected chi connectivity index (χ3v) is 3.44. The minimum Gasteiger partial charge on any atom is -0.339 e. The Bertz CT molecular complexity index is 372. The molecule has 0 spiro atoms. The Labute approximate surface area is 102 Å². The van der Waals surface area contributed by atoms with Crippen molar-refractivity contribution in [1.29, 1.82) is 0 Å². The van der Waals surface area contributed by atoms with Gasteiger partial charge >= 0.3 is 0 Å². The van der Waals surface area contributed by atoms with Gasteiger partial charge in [-0.2, -0.15) is 0 Å². The fourth-order valence-corrected chi connectivity index (χ4v) is 2.18. The molecule has 0 aliphatic heterocycles. The van der Waals surface area contributed by atoms with Gasteiger partial charge in [-0.3, -0.25) is 4.79 Å². The van der Waals surface area contributed by atoms with E-state index in [2.05, 4.69) is 6.07 Å². The zero-order chi connectivity index (χ0) is 12.1. The van der Waals surface area contributed by atoms with Crippen LogP contribution in [0.3, 0.4) is 0 Å². The summed E-state index contributed by atoms with van der Waals surface area (Å²) in [6.45, 7) is 7.54. The van der Waals surface area contributed by atoms with Crippen LogP contribution < -0.4 is 0 Å². The van der Waals surface area contributed by atoms with Crippen LogP contribution in [-0.4, -0.2) is 30.2 Å². The summed E-state index contributed by atoms with van der Waals surface area (Å²) < 4.78 is 0. The van der Waals surface area contributed by atoms with Gasteiger partial charge in [-0.15, -0.1) is 11.8 Å². The molecule has 0 radical (unpaired) electrons. The Kier molecular flexibility index (Phi) is 4.87. The normalized spacial score (nSPS) is 10.2. The summed E-state index contributed by atoms with van der Waals surface area (Å²) in [5.41, 5.74) is 1.88. The van der Waals surface area contributed by atoms with E-state index in [-0.39, 0.29) is 5.91 Å². The average molecular weight is 237 g/mol. The van der Waals surface area contributed by atoms with Crippen LogP contribution in [0.15, 0.2) is 23.1 Å². The van der Waals surface area contributed by atoms with Crippen molar-refractivity contribution in [1.82, 2.24) is 4.90 Å². The molecule has 88 valence electrons. The quantitative estimate of drug-likeness (QED) is 0.750. The lowest BCUT2D eigenvalue weighted by molar-refractivity contribution is 0.0772. The van der Waals surface area contributed by atoms with Crippen molar-refractivity contribution in [3.63, 3.8) is 0 Å². The molecule has 0 saturated heterocycles. The molecule has 0 aromatic heterocycles. The molecule has 0 aliphatic rings. The van der Waals surface area contributed by atoms with Crippen LogP contribution in [-0.2, 0) is 0 Å². The minimum atomic E-state index is 0.134. The molecule has 1 aromatic rings. The highest BCUT2D eigenvalue weighted by Gasteiger charge is 2.14. The van der Waals surface area contributed by atoms with Crippen molar-refractivity contribution >= 4 is 17.7 Å². The van der Waals surface area contributed by atoms with E-state index in [9.17, 15) is 4.79 Å². The van der Waals surface area contributed by atoms with E-state index in [0.29, 0.717) is 0 Å². The Morgan fingerprint density at radius 1 is 1.31 bits per heavy atom. The van der Waals surface area contributed by atoms with Crippen molar-refractivity contribution < 1.29 is 4.79 Å². The van der Waals surface area contributed by atoms with Crippen molar-refractivity contribution in [3.05, 3.63) is 29.3 Å². The Hall–Kier alpha value is -0.960. The Morgan fingerprint density at radius 3 is 2.38 bits per heavy atom. The van der Waals surface area contributed by atoms with Crippen LogP contribution in [0.2, 0.25) is 0 Å². The van der Waals surface area contributed by atoms with Gasteiger partial charge in [-0.25, -0.2) is 0 Å². The monoisotopic (exact) mass is 237 g/mol. The fraction of sp³-hybridized carbons (Fsp3) is 0.462. The van der Waals surface area contributed by atoms with Crippen molar-refractivity contribution in [3.8, 4) is 0 Å². The third-order valence-electron chi connectivity index (χ3n) is 2.71. The fourth-order valence-electron chi connectivity index (χ4n) is 1.68. The van der Waals surface area contributed by atoms with Crippen LogP contribution in [0.1, 0.15) is 29.8 Å². The van der Waals surface area contributed by atoms with Gasteiger partial charge < -0.3 is 4.90 Å². The van der Waals surface area contributed by atoms with Crippen LogP contribution >= 0.6 is 11.8 Å². The molecule has 0 aliphatic carbocycles. The van der Waals surface area contributed by atoms with E-state index in [1.807, 2.05) is 44.1 Å². The van der Waals surface area contributed by atoms with Gasteiger partial charge in [0.05, 0.1) is 0 Å². The van der Waals surface area contributed by atoms with E-state index in [1.165, 1.54) is 4.90 Å². The average Bonchev–Trinajstić information content (AvgIpc) is 2.30. The SMILES string of the molecule is CCN(CC)C(=O)c1ccc(SC)cc1C. The van der Waals surface area contributed by atoms with Gasteiger partial charge in [0.15, 0.2) is 0 Å². The molecule has 1 rings (SSSR count). The summed E-state index contributed by atoms with van der Waals surface area (Å²) in [5.74, 6) is 0.134. The molecule has 3 heteroatoms. The molecular formula is C13H19NOS. The number of hydrogen-bond acceptors (Lipinski definition) is 2. The number of hydrogen-bond donors (Lipinski definition) is 0. The Balaban J connectivity index is 3.00. The maximum Gasteiger partial charge on any atom is 0.254 e. The first-order valence-corrected chi connectivity index (χ1v) is 6.80. The molecule has 0 bridgehead atoms. The number of amides is 1. The van der Waals surface area contributed by atoms with Gasteiger partial charge in [0.25, 0.3) is 5.91 Å². The predicted octanol–water partition coefficient (Wildman–Crippen LogP) is 3.20. The number of carbonyl (C=O) groups excluding carboxylic acids is 1. The smallest absolute Gasteiger partial charge is 0.254 e. The maximum absolute atomic E-state index is 12.1. The number of rotatable bonds is 4. The zero-order valence-electron chi connectivity index (χ0n) is 10.4. The molecule has 0 heterocycles. The summed E-state index contributed by atoms with van der Waals surface area (Å²) in [5, 5.41) is 0. The van der Waals surface area contributed by atoms with Crippen molar-refractivity contribution in [2.24, 2.45) is 0 Å². The second kappa shape index (κ2) is 5.94. The lowest BCUT2D eigenvalue weighted by Crippen LogP contribution is -2.30. The number of nitrogens with zero attached hydrogens (tertiary/aromatic N) is 1. The van der Waals surface area contributed by atoms with Crippen LogP contribution in [0.5, 0.6) is 0 Å². The van der Waals surface area contributed by atoms with E-state index in [1.54, 1.807) is 11.8 Å². The summed E-state index contributed by atoms with van der Waals surface area (Å²) >= 11 is 1.70. The van der Waals surface area contributed by atoms with Crippen molar-refractivity contribution in [2.75, 3.05) is 19.3 Å². The second-order valence-corrected chi connectivity index (χ2v) is 4.54. The minimum absolute atomic E-state index is 0.134. The molecule has 2 nitrogen and oxygen atoms in total. The van der Waals surface area contributed by atoms with E-state index in [0.717, 1.165) is 24.2 Å². The highest BCUT2D eigenvalue weighted by Crippen LogP contribution is 2.19. The lowest BCUT2D eigenvalue weighted by Gasteiger charge is -2.19. The summed E-state index contributed by atoms with van der Waals surface area (Å²) in [6.07, 6.45) is 2.04. The van der Waals surface area contributed by atoms with Gasteiger partial charge in [0, 0.05) is 23.5 Å². The summed E-state index contributed by atoms with van der Waals surface area (Å²) in [7, 11) is 0. The molecule has 0 N–H and O–H groups in total.